The summed E-state index contributed by atoms with van der Waals surface area (Å²) in [7, 11) is 0. The predicted octanol–water partition coefficient (Wildman–Crippen LogP) is 5.07. The molecule has 3 aliphatic carbocycles. The molecule has 1 fully saturated rings. The van der Waals surface area contributed by atoms with E-state index < -0.39 is 0 Å². The summed E-state index contributed by atoms with van der Waals surface area (Å²) in [5, 5.41) is 20.5. The van der Waals surface area contributed by atoms with Crippen molar-refractivity contribution in [2.24, 2.45) is 5.41 Å². The molecular formula is C25H28O2. The van der Waals surface area contributed by atoms with Crippen LogP contribution in [0.1, 0.15) is 55.7 Å². The average Bonchev–Trinajstić information content (AvgIpc) is 2.96. The van der Waals surface area contributed by atoms with E-state index in [1.807, 2.05) is 12.1 Å². The Kier molecular flexibility index (Phi) is 3.77. The molecule has 2 aromatic rings. The van der Waals surface area contributed by atoms with Gasteiger partial charge in [0, 0.05) is 5.41 Å². The fraction of sp³-hybridized carbons (Fsp3) is 0.440. The van der Waals surface area contributed by atoms with Gasteiger partial charge in [-0.15, -0.1) is 0 Å². The molecule has 0 unspecified atom stereocenters. The molecule has 0 aliphatic heterocycles. The van der Waals surface area contributed by atoms with Gasteiger partial charge in [-0.05, 0) is 79.2 Å². The van der Waals surface area contributed by atoms with Crippen molar-refractivity contribution in [3.8, 4) is 5.75 Å². The van der Waals surface area contributed by atoms with Gasteiger partial charge in [0.25, 0.3) is 0 Å². The predicted molar refractivity (Wildman–Crippen MR) is 108 cm³/mol. The lowest BCUT2D eigenvalue weighted by Crippen LogP contribution is -2.42. The van der Waals surface area contributed by atoms with E-state index in [0.29, 0.717) is 5.75 Å². The Balaban J connectivity index is 1.72. The largest absolute Gasteiger partial charge is 0.508 e. The molecule has 0 bridgehead atoms. The standard InChI is InChI=1S/C25H28O2/c1-24-11-12-25(15-17-5-3-2-4-6-17)21-10-8-19(26)13-18(21)7-9-22(25)23(24)14-20(27)16-24/h2-6,8,10,13,20,26-27H,7,9,11-12,14-16H2,1H3/t20-,24-,25+/m1/s1. The van der Waals surface area contributed by atoms with Gasteiger partial charge in [-0.25, -0.2) is 0 Å². The zero-order valence-electron chi connectivity index (χ0n) is 16.0. The van der Waals surface area contributed by atoms with Crippen molar-refractivity contribution in [2.75, 3.05) is 0 Å². The second kappa shape index (κ2) is 5.97. The van der Waals surface area contributed by atoms with Gasteiger partial charge in [0.05, 0.1) is 6.10 Å². The van der Waals surface area contributed by atoms with Crippen LogP contribution in [0.15, 0.2) is 59.7 Å². The third kappa shape index (κ3) is 2.57. The van der Waals surface area contributed by atoms with E-state index in [2.05, 4.69) is 43.3 Å². The fourth-order valence-corrected chi connectivity index (χ4v) is 6.30. The number of fused-ring (bicyclic) bond motifs is 4. The Morgan fingerprint density at radius 1 is 1.00 bits per heavy atom. The molecule has 2 nitrogen and oxygen atoms in total. The first-order valence-electron chi connectivity index (χ1n) is 10.3. The van der Waals surface area contributed by atoms with Crippen molar-refractivity contribution < 1.29 is 10.2 Å². The Morgan fingerprint density at radius 3 is 2.63 bits per heavy atom. The first-order valence-corrected chi connectivity index (χ1v) is 10.3. The molecule has 0 spiro atoms. The number of hydrogen-bond donors (Lipinski definition) is 2. The van der Waals surface area contributed by atoms with Crippen molar-refractivity contribution in [3.63, 3.8) is 0 Å². The third-order valence-electron chi connectivity index (χ3n) is 7.50. The minimum Gasteiger partial charge on any atom is -0.508 e. The summed E-state index contributed by atoms with van der Waals surface area (Å²) >= 11 is 0. The first kappa shape index (κ1) is 17.1. The number of aromatic hydroxyl groups is 1. The van der Waals surface area contributed by atoms with E-state index in [9.17, 15) is 10.2 Å². The molecule has 2 heteroatoms. The molecule has 0 heterocycles. The maximum atomic E-state index is 10.5. The molecular weight excluding hydrogens is 332 g/mol. The van der Waals surface area contributed by atoms with Crippen LogP contribution >= 0.6 is 0 Å². The highest BCUT2D eigenvalue weighted by Gasteiger charge is 2.52. The van der Waals surface area contributed by atoms with E-state index in [4.69, 9.17) is 0 Å². The van der Waals surface area contributed by atoms with E-state index in [1.54, 1.807) is 5.57 Å². The second-order valence-corrected chi connectivity index (χ2v) is 9.17. The lowest BCUT2D eigenvalue weighted by molar-refractivity contribution is 0.156. The Bertz CT molecular complexity index is 913. The molecule has 0 amide bonds. The molecule has 1 saturated carbocycles. The number of aliphatic hydroxyl groups is 1. The van der Waals surface area contributed by atoms with E-state index in [-0.39, 0.29) is 16.9 Å². The number of aryl methyl sites for hydroxylation is 1. The Hall–Kier alpha value is -2.06. The summed E-state index contributed by atoms with van der Waals surface area (Å²) in [6.45, 7) is 2.37. The third-order valence-corrected chi connectivity index (χ3v) is 7.50. The Labute approximate surface area is 161 Å². The quantitative estimate of drug-likeness (QED) is 0.734. The summed E-state index contributed by atoms with van der Waals surface area (Å²) in [5.74, 6) is 0.372. The minimum absolute atomic E-state index is 0.0154. The van der Waals surface area contributed by atoms with Crippen molar-refractivity contribution in [2.45, 2.75) is 63.4 Å². The van der Waals surface area contributed by atoms with Gasteiger partial charge in [-0.2, -0.15) is 0 Å². The average molecular weight is 360 g/mol. The van der Waals surface area contributed by atoms with Crippen LogP contribution in [0.3, 0.4) is 0 Å². The van der Waals surface area contributed by atoms with Crippen LogP contribution in [0.5, 0.6) is 5.75 Å². The second-order valence-electron chi connectivity index (χ2n) is 9.17. The molecule has 3 atom stereocenters. The molecule has 5 rings (SSSR count). The van der Waals surface area contributed by atoms with Crippen LogP contribution in [0.4, 0.5) is 0 Å². The van der Waals surface area contributed by atoms with Gasteiger partial charge in [0.15, 0.2) is 0 Å². The molecule has 2 aromatic carbocycles. The summed E-state index contributed by atoms with van der Waals surface area (Å²) in [6, 6.07) is 16.8. The highest BCUT2D eigenvalue weighted by Crippen LogP contribution is 2.60. The number of aliphatic hydroxyl groups excluding tert-OH is 1. The van der Waals surface area contributed by atoms with Gasteiger partial charge in [-0.3, -0.25) is 0 Å². The molecule has 0 saturated heterocycles. The first-order chi connectivity index (χ1) is 13.0. The number of benzene rings is 2. The molecule has 3 aliphatic rings. The van der Waals surface area contributed by atoms with Gasteiger partial charge in [-0.1, -0.05) is 54.5 Å². The van der Waals surface area contributed by atoms with Gasteiger partial charge in [0.1, 0.15) is 5.75 Å². The maximum Gasteiger partial charge on any atom is 0.115 e. The molecule has 0 radical (unpaired) electrons. The number of rotatable bonds is 2. The highest BCUT2D eigenvalue weighted by atomic mass is 16.3. The SMILES string of the molecule is C[C@]12CC[C@@]3(Cc4ccccc4)C(=C1C[C@@H](O)C2)CCc1cc(O)ccc13. The van der Waals surface area contributed by atoms with Crippen LogP contribution in [0.25, 0.3) is 0 Å². The van der Waals surface area contributed by atoms with Crippen LogP contribution in [0.2, 0.25) is 0 Å². The van der Waals surface area contributed by atoms with E-state index in [0.717, 1.165) is 44.9 Å². The van der Waals surface area contributed by atoms with Crippen molar-refractivity contribution in [1.29, 1.82) is 0 Å². The molecule has 140 valence electrons. The van der Waals surface area contributed by atoms with Gasteiger partial charge >= 0.3 is 0 Å². The van der Waals surface area contributed by atoms with Gasteiger partial charge in [0.2, 0.25) is 0 Å². The number of phenols is 1. The maximum absolute atomic E-state index is 10.5. The fourth-order valence-electron chi connectivity index (χ4n) is 6.30. The van der Waals surface area contributed by atoms with Crippen LogP contribution in [-0.2, 0) is 18.3 Å². The van der Waals surface area contributed by atoms with Crippen LogP contribution in [0, 0.1) is 5.41 Å². The zero-order chi connectivity index (χ0) is 18.6. The zero-order valence-corrected chi connectivity index (χ0v) is 16.0. The molecule has 27 heavy (non-hydrogen) atoms. The van der Waals surface area contributed by atoms with Crippen molar-refractivity contribution in [3.05, 3.63) is 76.4 Å². The van der Waals surface area contributed by atoms with Crippen LogP contribution < -0.4 is 0 Å². The Morgan fingerprint density at radius 2 is 1.81 bits per heavy atom. The lowest BCUT2D eigenvalue weighted by Gasteiger charge is -2.50. The van der Waals surface area contributed by atoms with Crippen LogP contribution in [-0.4, -0.2) is 16.3 Å². The van der Waals surface area contributed by atoms with E-state index >= 15 is 0 Å². The number of allylic oxidation sites excluding steroid dienone is 1. The van der Waals surface area contributed by atoms with Crippen molar-refractivity contribution in [1.82, 2.24) is 0 Å². The van der Waals surface area contributed by atoms with Gasteiger partial charge < -0.3 is 10.2 Å². The smallest absolute Gasteiger partial charge is 0.115 e. The molecule has 2 N–H and O–H groups in total. The lowest BCUT2D eigenvalue weighted by atomic mass is 9.54. The van der Waals surface area contributed by atoms with E-state index in [1.165, 1.54) is 22.3 Å². The van der Waals surface area contributed by atoms with Crippen molar-refractivity contribution >= 4 is 0 Å². The minimum atomic E-state index is -0.189. The summed E-state index contributed by atoms with van der Waals surface area (Å²) in [4.78, 5) is 0. The monoisotopic (exact) mass is 360 g/mol. The number of hydrogen-bond acceptors (Lipinski definition) is 2. The topological polar surface area (TPSA) is 40.5 Å². The summed E-state index contributed by atoms with van der Waals surface area (Å²) in [6.07, 6.45) is 6.89. The summed E-state index contributed by atoms with van der Waals surface area (Å²) in [5.41, 5.74) is 7.40. The normalized spacial score (nSPS) is 32.0. The number of phenolic OH excluding ortho intramolecular Hbond substituents is 1. The molecule has 0 aromatic heterocycles. The highest BCUT2D eigenvalue weighted by molar-refractivity contribution is 5.53. The summed E-state index contributed by atoms with van der Waals surface area (Å²) < 4.78 is 0.